The molecule has 0 spiro atoms. The Morgan fingerprint density at radius 1 is 1.19 bits per heavy atom. The van der Waals surface area contributed by atoms with Crippen LogP contribution >= 0.6 is 9.39 Å². The minimum Gasteiger partial charge on any atom is -0.461 e. The van der Waals surface area contributed by atoms with E-state index in [0.717, 1.165) is 25.7 Å². The summed E-state index contributed by atoms with van der Waals surface area (Å²) in [7, 11) is 2.65. The first-order valence-corrected chi connectivity index (χ1v) is 10.1. The van der Waals surface area contributed by atoms with E-state index in [9.17, 15) is 4.79 Å². The fraction of sp³-hybridized carbons (Fsp3) is 0.409. The SMILES string of the molecule is CC.CCOC(=O)c1cc(CC)c(CCC/C=C\c2ccccc2)n1P. The lowest BCUT2D eigenvalue weighted by molar-refractivity contribution is 0.0518. The van der Waals surface area contributed by atoms with Gasteiger partial charge in [-0.3, -0.25) is 0 Å². The molecule has 2 rings (SSSR count). The van der Waals surface area contributed by atoms with E-state index in [1.54, 1.807) is 0 Å². The standard InChI is InChI=1S/C20H26NO2P.C2H6/c1-3-17-15-19(20(22)23-4-2)21(24)18(17)14-10-6-9-13-16-11-7-5-8-12-16;1-2/h5,7-9,11-13,15H,3-4,6,10,14,24H2,1-2H3;1-2H3/b13-9-;. The summed E-state index contributed by atoms with van der Waals surface area (Å²) in [6.07, 6.45) is 8.31. The van der Waals surface area contributed by atoms with Gasteiger partial charge in [0.1, 0.15) is 5.69 Å². The van der Waals surface area contributed by atoms with Gasteiger partial charge in [-0.25, -0.2) is 4.79 Å². The van der Waals surface area contributed by atoms with Gasteiger partial charge in [0.2, 0.25) is 0 Å². The van der Waals surface area contributed by atoms with Crippen LogP contribution in [0.2, 0.25) is 0 Å². The summed E-state index contributed by atoms with van der Waals surface area (Å²) in [5, 5.41) is 0. The number of carbonyl (C=O) groups is 1. The molecule has 0 N–H and O–H groups in total. The highest BCUT2D eigenvalue weighted by Gasteiger charge is 2.17. The summed E-state index contributed by atoms with van der Waals surface area (Å²) in [6, 6.07) is 12.3. The summed E-state index contributed by atoms with van der Waals surface area (Å²) < 4.78 is 7.04. The molecule has 0 saturated carbocycles. The highest BCUT2D eigenvalue weighted by Crippen LogP contribution is 2.23. The second kappa shape index (κ2) is 12.5. The third-order valence-electron chi connectivity index (χ3n) is 3.99. The highest BCUT2D eigenvalue weighted by atomic mass is 31.0. The molecule has 1 unspecified atom stereocenters. The molecule has 0 saturated heterocycles. The van der Waals surface area contributed by atoms with Gasteiger partial charge in [-0.2, -0.15) is 0 Å². The van der Waals surface area contributed by atoms with Gasteiger partial charge in [-0.1, -0.05) is 63.3 Å². The first kappa shape index (κ1) is 22.2. The molecule has 0 aliphatic rings. The highest BCUT2D eigenvalue weighted by molar-refractivity contribution is 7.14. The quantitative estimate of drug-likeness (QED) is 0.326. The fourth-order valence-corrected chi connectivity index (χ4v) is 3.21. The van der Waals surface area contributed by atoms with Crippen LogP contribution in [-0.4, -0.2) is 16.9 Å². The number of hydrogen-bond acceptors (Lipinski definition) is 2. The van der Waals surface area contributed by atoms with Gasteiger partial charge < -0.3 is 9.07 Å². The minimum atomic E-state index is -0.252. The lowest BCUT2D eigenvalue weighted by Gasteiger charge is -2.08. The first-order valence-electron chi connectivity index (χ1n) is 9.54. The van der Waals surface area contributed by atoms with Gasteiger partial charge in [-0.05, 0) is 59.2 Å². The van der Waals surface area contributed by atoms with Crippen molar-refractivity contribution in [3.63, 3.8) is 0 Å². The summed E-state index contributed by atoms with van der Waals surface area (Å²) in [6.45, 7) is 8.35. The molecule has 0 fully saturated rings. The van der Waals surface area contributed by atoms with E-state index < -0.39 is 0 Å². The van der Waals surface area contributed by atoms with Gasteiger partial charge in [0.05, 0.1) is 6.61 Å². The molecule has 1 atom stereocenters. The predicted octanol–water partition coefficient (Wildman–Crippen LogP) is 5.93. The predicted molar refractivity (Wildman–Crippen MR) is 115 cm³/mol. The van der Waals surface area contributed by atoms with Gasteiger partial charge in [-0.15, -0.1) is 0 Å². The van der Waals surface area contributed by atoms with Gasteiger partial charge in [0.15, 0.2) is 0 Å². The Bertz CT molecular complexity index is 690. The average Bonchev–Trinajstić information content (AvgIpc) is 3.00. The van der Waals surface area contributed by atoms with E-state index in [2.05, 4.69) is 40.6 Å². The van der Waals surface area contributed by atoms with Crippen LogP contribution in [0.25, 0.3) is 6.08 Å². The van der Waals surface area contributed by atoms with Crippen molar-refractivity contribution in [2.45, 2.75) is 53.4 Å². The minimum absolute atomic E-state index is 0.252. The largest absolute Gasteiger partial charge is 0.461 e. The molecular weight excluding hydrogens is 341 g/mol. The Balaban J connectivity index is 0.00000163. The number of hydrogen-bond donors (Lipinski definition) is 0. The van der Waals surface area contributed by atoms with Crippen molar-refractivity contribution < 1.29 is 9.53 Å². The zero-order valence-electron chi connectivity index (χ0n) is 16.5. The molecule has 2 aromatic rings. The molecule has 0 bridgehead atoms. The van der Waals surface area contributed by atoms with Crippen molar-refractivity contribution in [3.05, 3.63) is 65.0 Å². The number of carbonyl (C=O) groups excluding carboxylic acids is 1. The summed E-state index contributed by atoms with van der Waals surface area (Å²) in [5.74, 6) is -0.252. The van der Waals surface area contributed by atoms with Crippen molar-refractivity contribution in [2.24, 2.45) is 0 Å². The molecule has 26 heavy (non-hydrogen) atoms. The molecule has 0 aliphatic carbocycles. The Hall–Kier alpha value is -1.86. The van der Waals surface area contributed by atoms with Crippen LogP contribution in [0.1, 0.15) is 67.8 Å². The van der Waals surface area contributed by atoms with Gasteiger partial charge in [0, 0.05) is 5.69 Å². The molecule has 0 aliphatic heterocycles. The zero-order chi connectivity index (χ0) is 19.4. The Kier molecular flexibility index (Phi) is 10.7. The molecular formula is C22H32NO2P. The van der Waals surface area contributed by atoms with Gasteiger partial charge in [0.25, 0.3) is 0 Å². The smallest absolute Gasteiger partial charge is 0.355 e. The molecule has 0 radical (unpaired) electrons. The Morgan fingerprint density at radius 2 is 1.88 bits per heavy atom. The van der Waals surface area contributed by atoms with E-state index in [-0.39, 0.29) is 5.97 Å². The van der Waals surface area contributed by atoms with Gasteiger partial charge >= 0.3 is 5.97 Å². The third-order valence-corrected chi connectivity index (χ3v) is 4.58. The number of aromatic nitrogens is 1. The van der Waals surface area contributed by atoms with E-state index >= 15 is 0 Å². The molecule has 1 aromatic heterocycles. The zero-order valence-corrected chi connectivity index (χ0v) is 17.7. The van der Waals surface area contributed by atoms with E-state index in [1.165, 1.54) is 16.8 Å². The van der Waals surface area contributed by atoms with Crippen LogP contribution in [0.4, 0.5) is 0 Å². The van der Waals surface area contributed by atoms with Crippen LogP contribution in [0, 0.1) is 0 Å². The van der Waals surface area contributed by atoms with Crippen molar-refractivity contribution in [2.75, 3.05) is 6.61 Å². The number of esters is 1. The number of unbranched alkanes of at least 4 members (excludes halogenated alkanes) is 1. The van der Waals surface area contributed by atoms with E-state index in [4.69, 9.17) is 4.74 Å². The maximum absolute atomic E-state index is 12.0. The fourth-order valence-electron chi connectivity index (χ4n) is 2.74. The molecule has 0 amide bonds. The average molecular weight is 373 g/mol. The molecule has 1 aromatic carbocycles. The molecule has 4 heteroatoms. The van der Waals surface area contributed by atoms with Crippen molar-refractivity contribution >= 4 is 21.4 Å². The third kappa shape index (κ3) is 6.46. The molecule has 142 valence electrons. The normalized spacial score (nSPS) is 10.5. The lowest BCUT2D eigenvalue weighted by atomic mass is 10.1. The van der Waals surface area contributed by atoms with Crippen LogP contribution in [0.3, 0.4) is 0 Å². The van der Waals surface area contributed by atoms with Crippen molar-refractivity contribution in [3.8, 4) is 0 Å². The monoisotopic (exact) mass is 373 g/mol. The number of nitrogens with zero attached hydrogens (tertiary/aromatic N) is 1. The maximum atomic E-state index is 12.0. The summed E-state index contributed by atoms with van der Waals surface area (Å²) >= 11 is 0. The van der Waals surface area contributed by atoms with E-state index in [0.29, 0.717) is 12.3 Å². The van der Waals surface area contributed by atoms with Crippen LogP contribution < -0.4 is 0 Å². The number of rotatable bonds is 8. The summed E-state index contributed by atoms with van der Waals surface area (Å²) in [5.41, 5.74) is 4.28. The Labute approximate surface area is 160 Å². The number of aryl methyl sites for hydroxylation is 1. The Morgan fingerprint density at radius 3 is 2.50 bits per heavy atom. The topological polar surface area (TPSA) is 31.2 Å². The molecule has 1 heterocycles. The first-order chi connectivity index (χ1) is 12.7. The maximum Gasteiger partial charge on any atom is 0.355 e. The van der Waals surface area contributed by atoms with Crippen LogP contribution in [0.15, 0.2) is 42.5 Å². The van der Waals surface area contributed by atoms with E-state index in [1.807, 2.05) is 49.4 Å². The second-order valence-electron chi connectivity index (χ2n) is 5.65. The number of allylic oxidation sites excluding steroid dienone is 1. The summed E-state index contributed by atoms with van der Waals surface area (Å²) in [4.78, 5) is 12.0. The van der Waals surface area contributed by atoms with Crippen molar-refractivity contribution in [1.82, 2.24) is 4.34 Å². The number of ether oxygens (including phenoxy) is 1. The van der Waals surface area contributed by atoms with Crippen LogP contribution in [-0.2, 0) is 17.6 Å². The van der Waals surface area contributed by atoms with Crippen LogP contribution in [0.5, 0.6) is 0 Å². The number of benzene rings is 1. The second-order valence-corrected chi connectivity index (χ2v) is 6.17. The molecule has 3 nitrogen and oxygen atoms in total. The van der Waals surface area contributed by atoms with Crippen molar-refractivity contribution in [1.29, 1.82) is 0 Å². The lowest BCUT2D eigenvalue weighted by Crippen LogP contribution is -2.08.